The van der Waals surface area contributed by atoms with Gasteiger partial charge in [-0.2, -0.15) is 5.26 Å². The summed E-state index contributed by atoms with van der Waals surface area (Å²) in [6.07, 6.45) is 2.90. The topological polar surface area (TPSA) is 47.3 Å². The van der Waals surface area contributed by atoms with E-state index in [1.165, 1.54) is 12.8 Å². The van der Waals surface area contributed by atoms with Gasteiger partial charge in [-0.05, 0) is 44.9 Å². The summed E-state index contributed by atoms with van der Waals surface area (Å²) in [5.74, 6) is 0.804. The van der Waals surface area contributed by atoms with E-state index in [-0.39, 0.29) is 5.91 Å². The van der Waals surface area contributed by atoms with Crippen molar-refractivity contribution in [2.24, 2.45) is 5.92 Å². The zero-order chi connectivity index (χ0) is 15.2. The van der Waals surface area contributed by atoms with Gasteiger partial charge in [0, 0.05) is 18.3 Å². The number of amides is 1. The molecule has 1 amide bonds. The molecule has 0 bridgehead atoms. The summed E-state index contributed by atoms with van der Waals surface area (Å²) >= 11 is 0. The molecule has 0 aromatic heterocycles. The molecule has 4 heteroatoms. The SMILES string of the molecule is CC(C1CC1)N(C)CC(=O)N(CCC#N)c1ccccc1. The zero-order valence-electron chi connectivity index (χ0n) is 12.8. The highest BCUT2D eigenvalue weighted by atomic mass is 16.2. The van der Waals surface area contributed by atoms with Crippen LogP contribution in [0, 0.1) is 17.2 Å². The Kier molecular flexibility index (Phi) is 5.35. The van der Waals surface area contributed by atoms with E-state index in [4.69, 9.17) is 5.26 Å². The first-order valence-corrected chi connectivity index (χ1v) is 7.56. The van der Waals surface area contributed by atoms with E-state index in [1.54, 1.807) is 4.90 Å². The van der Waals surface area contributed by atoms with E-state index in [9.17, 15) is 4.79 Å². The maximum Gasteiger partial charge on any atom is 0.241 e. The summed E-state index contributed by atoms with van der Waals surface area (Å²) in [5.41, 5.74) is 0.866. The van der Waals surface area contributed by atoms with Crippen LogP contribution in [-0.4, -0.2) is 37.0 Å². The van der Waals surface area contributed by atoms with Crippen LogP contribution in [0.15, 0.2) is 30.3 Å². The van der Waals surface area contributed by atoms with Crippen LogP contribution < -0.4 is 4.90 Å². The molecule has 1 aromatic rings. The van der Waals surface area contributed by atoms with Crippen molar-refractivity contribution in [2.45, 2.75) is 32.2 Å². The summed E-state index contributed by atoms with van der Waals surface area (Å²) in [4.78, 5) is 16.4. The Bertz CT molecular complexity index is 505. The van der Waals surface area contributed by atoms with Crippen molar-refractivity contribution in [1.29, 1.82) is 5.26 Å². The first kappa shape index (κ1) is 15.5. The summed E-state index contributed by atoms with van der Waals surface area (Å²) in [6.45, 7) is 3.04. The fourth-order valence-electron chi connectivity index (χ4n) is 2.55. The molecule has 1 saturated carbocycles. The van der Waals surface area contributed by atoms with Crippen LogP contribution in [0.25, 0.3) is 0 Å². The predicted octanol–water partition coefficient (Wildman–Crippen LogP) is 2.66. The molecule has 0 radical (unpaired) electrons. The second-order valence-electron chi connectivity index (χ2n) is 5.78. The van der Waals surface area contributed by atoms with Crippen molar-refractivity contribution in [1.82, 2.24) is 4.90 Å². The zero-order valence-corrected chi connectivity index (χ0v) is 12.8. The van der Waals surface area contributed by atoms with Crippen LogP contribution in [0.1, 0.15) is 26.2 Å². The van der Waals surface area contributed by atoms with Crippen molar-refractivity contribution in [3.63, 3.8) is 0 Å². The molecule has 1 aromatic carbocycles. The number of para-hydroxylation sites is 1. The van der Waals surface area contributed by atoms with Crippen LogP contribution in [0.2, 0.25) is 0 Å². The average Bonchev–Trinajstić information content (AvgIpc) is 3.32. The van der Waals surface area contributed by atoms with E-state index in [1.807, 2.05) is 37.4 Å². The van der Waals surface area contributed by atoms with Crippen molar-refractivity contribution in [2.75, 3.05) is 25.0 Å². The lowest BCUT2D eigenvalue weighted by atomic mass is 10.2. The minimum absolute atomic E-state index is 0.0615. The molecule has 0 N–H and O–H groups in total. The molecule has 1 aliphatic carbocycles. The minimum Gasteiger partial charge on any atom is -0.310 e. The number of carbonyl (C=O) groups is 1. The molecule has 0 heterocycles. The maximum absolute atomic E-state index is 12.6. The number of rotatable bonds is 7. The minimum atomic E-state index is 0.0615. The third-order valence-electron chi connectivity index (χ3n) is 4.20. The summed E-state index contributed by atoms with van der Waals surface area (Å²) in [5, 5.41) is 8.80. The number of hydrogen-bond acceptors (Lipinski definition) is 3. The van der Waals surface area contributed by atoms with Crippen LogP contribution in [0.5, 0.6) is 0 Å². The summed E-state index contributed by atoms with van der Waals surface area (Å²) < 4.78 is 0. The van der Waals surface area contributed by atoms with E-state index < -0.39 is 0 Å². The average molecular weight is 285 g/mol. The van der Waals surface area contributed by atoms with Crippen molar-refractivity contribution in [3.8, 4) is 6.07 Å². The number of likely N-dealkylation sites (N-methyl/N-ethyl adjacent to an activating group) is 1. The standard InChI is InChI=1S/C17H23N3O/c1-14(15-9-10-15)19(2)13-17(21)20(12-6-11-18)16-7-4-3-5-8-16/h3-5,7-8,14-15H,6,9-10,12-13H2,1-2H3. The van der Waals surface area contributed by atoms with Gasteiger partial charge >= 0.3 is 0 Å². The molecule has 0 aliphatic heterocycles. The molecule has 1 unspecified atom stereocenters. The highest BCUT2D eigenvalue weighted by Crippen LogP contribution is 2.34. The van der Waals surface area contributed by atoms with Gasteiger partial charge in [-0.3, -0.25) is 9.69 Å². The van der Waals surface area contributed by atoms with Gasteiger partial charge in [0.25, 0.3) is 0 Å². The van der Waals surface area contributed by atoms with E-state index >= 15 is 0 Å². The Morgan fingerprint density at radius 2 is 2.05 bits per heavy atom. The number of anilines is 1. The molecule has 0 spiro atoms. The van der Waals surface area contributed by atoms with Crippen LogP contribution in [0.4, 0.5) is 5.69 Å². The van der Waals surface area contributed by atoms with Crippen molar-refractivity contribution >= 4 is 11.6 Å². The van der Waals surface area contributed by atoms with Gasteiger partial charge in [0.05, 0.1) is 19.0 Å². The highest BCUT2D eigenvalue weighted by molar-refractivity contribution is 5.94. The third-order valence-corrected chi connectivity index (χ3v) is 4.20. The van der Waals surface area contributed by atoms with Gasteiger partial charge in [-0.1, -0.05) is 18.2 Å². The van der Waals surface area contributed by atoms with E-state index in [0.717, 1.165) is 11.6 Å². The Morgan fingerprint density at radius 3 is 2.62 bits per heavy atom. The number of carbonyl (C=O) groups excluding carboxylic acids is 1. The molecule has 112 valence electrons. The molecular formula is C17H23N3O. The number of hydrogen-bond donors (Lipinski definition) is 0. The monoisotopic (exact) mass is 285 g/mol. The van der Waals surface area contributed by atoms with Gasteiger partial charge in [-0.25, -0.2) is 0 Å². The first-order chi connectivity index (χ1) is 10.1. The van der Waals surface area contributed by atoms with Gasteiger partial charge < -0.3 is 4.90 Å². The fourth-order valence-corrected chi connectivity index (χ4v) is 2.55. The quantitative estimate of drug-likeness (QED) is 0.774. The normalized spacial score (nSPS) is 15.5. The largest absolute Gasteiger partial charge is 0.310 e. The Morgan fingerprint density at radius 1 is 1.38 bits per heavy atom. The van der Waals surface area contributed by atoms with Crippen LogP contribution in [0.3, 0.4) is 0 Å². The van der Waals surface area contributed by atoms with Crippen LogP contribution in [-0.2, 0) is 4.79 Å². The van der Waals surface area contributed by atoms with Gasteiger partial charge in [-0.15, -0.1) is 0 Å². The molecule has 1 atom stereocenters. The third kappa shape index (κ3) is 4.30. The maximum atomic E-state index is 12.6. The lowest BCUT2D eigenvalue weighted by Crippen LogP contribution is -2.43. The van der Waals surface area contributed by atoms with Crippen LogP contribution >= 0.6 is 0 Å². The molecule has 1 fully saturated rings. The fraction of sp³-hybridized carbons (Fsp3) is 0.529. The predicted molar refractivity (Wildman–Crippen MR) is 83.8 cm³/mol. The Hall–Kier alpha value is -1.86. The lowest BCUT2D eigenvalue weighted by molar-refractivity contribution is -0.119. The summed E-state index contributed by atoms with van der Waals surface area (Å²) in [6, 6.07) is 12.2. The number of nitriles is 1. The highest BCUT2D eigenvalue weighted by Gasteiger charge is 2.31. The van der Waals surface area contributed by atoms with Gasteiger partial charge in [0.15, 0.2) is 0 Å². The molecule has 1 aliphatic rings. The number of nitrogens with zero attached hydrogens (tertiary/aromatic N) is 3. The van der Waals surface area contributed by atoms with E-state index in [0.29, 0.717) is 25.6 Å². The summed E-state index contributed by atoms with van der Waals surface area (Å²) in [7, 11) is 2.01. The first-order valence-electron chi connectivity index (χ1n) is 7.56. The molecule has 2 rings (SSSR count). The smallest absolute Gasteiger partial charge is 0.241 e. The molecule has 21 heavy (non-hydrogen) atoms. The lowest BCUT2D eigenvalue weighted by Gasteiger charge is -2.28. The Balaban J connectivity index is 2.02. The van der Waals surface area contributed by atoms with Gasteiger partial charge in [0.1, 0.15) is 0 Å². The molecule has 0 saturated heterocycles. The second kappa shape index (κ2) is 7.24. The molecule has 4 nitrogen and oxygen atoms in total. The van der Waals surface area contributed by atoms with Gasteiger partial charge in [0.2, 0.25) is 5.91 Å². The molecular weight excluding hydrogens is 262 g/mol. The second-order valence-corrected chi connectivity index (χ2v) is 5.78. The van der Waals surface area contributed by atoms with Crippen molar-refractivity contribution in [3.05, 3.63) is 30.3 Å². The van der Waals surface area contributed by atoms with Crippen molar-refractivity contribution < 1.29 is 4.79 Å². The Labute approximate surface area is 127 Å². The number of benzene rings is 1. The van der Waals surface area contributed by atoms with E-state index in [2.05, 4.69) is 17.9 Å².